The van der Waals surface area contributed by atoms with Crippen molar-refractivity contribution in [3.63, 3.8) is 0 Å². The van der Waals surface area contributed by atoms with Gasteiger partial charge in [0, 0.05) is 11.3 Å². The number of ether oxygens (including phenoxy) is 1. The van der Waals surface area contributed by atoms with E-state index in [1.165, 1.54) is 0 Å². The molecule has 112 valence electrons. The molecule has 0 aliphatic rings. The summed E-state index contributed by atoms with van der Waals surface area (Å²) in [5, 5.41) is 12.6. The number of carbonyl (C=O) groups is 1. The highest BCUT2D eigenvalue weighted by atomic mass is 32.2. The molecule has 0 saturated carbocycles. The number of carbonyl (C=O) groups excluding carboxylic acids is 1. The molecule has 0 spiro atoms. The van der Waals surface area contributed by atoms with Crippen LogP contribution in [0.1, 0.15) is 25.5 Å². The Morgan fingerprint density at radius 2 is 2.05 bits per heavy atom. The van der Waals surface area contributed by atoms with Gasteiger partial charge in [0.15, 0.2) is 0 Å². The van der Waals surface area contributed by atoms with Crippen LogP contribution in [0.2, 0.25) is 0 Å². The first kappa shape index (κ1) is 17.0. The second kappa shape index (κ2) is 9.00. The molecule has 0 heterocycles. The molecule has 0 fully saturated rings. The minimum absolute atomic E-state index is 0.00962. The van der Waals surface area contributed by atoms with Crippen LogP contribution >= 0.6 is 11.8 Å². The number of nitrogens with one attached hydrogen (secondary N) is 1. The molecule has 1 aromatic rings. The lowest BCUT2D eigenvalue weighted by Gasteiger charge is -2.26. The SMILES string of the molecule is CCOC(=O)C(NC(C)C(CO)SC)c1ccccc1. The molecule has 3 unspecified atom stereocenters. The zero-order valence-electron chi connectivity index (χ0n) is 12.2. The quantitative estimate of drug-likeness (QED) is 0.719. The Morgan fingerprint density at radius 3 is 2.55 bits per heavy atom. The van der Waals surface area contributed by atoms with Gasteiger partial charge >= 0.3 is 5.97 Å². The van der Waals surface area contributed by atoms with E-state index in [1.807, 2.05) is 43.5 Å². The van der Waals surface area contributed by atoms with Gasteiger partial charge in [0.1, 0.15) is 6.04 Å². The lowest BCUT2D eigenvalue weighted by atomic mass is 10.1. The molecule has 1 aromatic carbocycles. The fourth-order valence-electron chi connectivity index (χ4n) is 1.98. The predicted molar refractivity (Wildman–Crippen MR) is 82.8 cm³/mol. The molecule has 0 radical (unpaired) electrons. The van der Waals surface area contributed by atoms with E-state index in [9.17, 15) is 9.90 Å². The van der Waals surface area contributed by atoms with Crippen LogP contribution in [0.15, 0.2) is 30.3 Å². The number of rotatable bonds is 8. The van der Waals surface area contributed by atoms with Gasteiger partial charge in [0.2, 0.25) is 0 Å². The smallest absolute Gasteiger partial charge is 0.327 e. The summed E-state index contributed by atoms with van der Waals surface area (Å²) >= 11 is 1.58. The number of hydrogen-bond acceptors (Lipinski definition) is 5. The molecule has 5 heteroatoms. The largest absolute Gasteiger partial charge is 0.465 e. The normalized spacial score (nSPS) is 15.4. The van der Waals surface area contributed by atoms with Crippen LogP contribution in [0.5, 0.6) is 0 Å². The third-order valence-corrected chi connectivity index (χ3v) is 4.29. The highest BCUT2D eigenvalue weighted by molar-refractivity contribution is 7.99. The number of esters is 1. The van der Waals surface area contributed by atoms with Crippen molar-refractivity contribution in [1.29, 1.82) is 0 Å². The van der Waals surface area contributed by atoms with Gasteiger partial charge in [0.05, 0.1) is 13.2 Å². The number of hydrogen-bond donors (Lipinski definition) is 2. The third-order valence-electron chi connectivity index (χ3n) is 3.13. The predicted octanol–water partition coefficient (Wildman–Crippen LogP) is 1.99. The van der Waals surface area contributed by atoms with E-state index in [-0.39, 0.29) is 23.9 Å². The van der Waals surface area contributed by atoms with Crippen LogP contribution in [0, 0.1) is 0 Å². The monoisotopic (exact) mass is 297 g/mol. The maximum absolute atomic E-state index is 12.1. The second-order valence-corrected chi connectivity index (χ2v) is 5.58. The highest BCUT2D eigenvalue weighted by Crippen LogP contribution is 2.18. The fourth-order valence-corrected chi connectivity index (χ4v) is 2.61. The molecule has 0 aliphatic carbocycles. The van der Waals surface area contributed by atoms with Crippen molar-refractivity contribution in [2.24, 2.45) is 0 Å². The molecule has 0 amide bonds. The zero-order valence-corrected chi connectivity index (χ0v) is 13.0. The Morgan fingerprint density at radius 1 is 1.40 bits per heavy atom. The summed E-state index contributed by atoms with van der Waals surface area (Å²) in [6.45, 7) is 4.18. The summed E-state index contributed by atoms with van der Waals surface area (Å²) in [5.74, 6) is -0.289. The Labute approximate surface area is 124 Å². The van der Waals surface area contributed by atoms with E-state index < -0.39 is 6.04 Å². The van der Waals surface area contributed by atoms with E-state index in [1.54, 1.807) is 18.7 Å². The Bertz CT molecular complexity index is 395. The van der Waals surface area contributed by atoms with Gasteiger partial charge in [-0.05, 0) is 25.7 Å². The fraction of sp³-hybridized carbons (Fsp3) is 0.533. The summed E-state index contributed by atoms with van der Waals surface area (Å²) in [5.41, 5.74) is 0.871. The van der Waals surface area contributed by atoms with Crippen LogP contribution < -0.4 is 5.32 Å². The van der Waals surface area contributed by atoms with Gasteiger partial charge < -0.3 is 9.84 Å². The molecule has 2 N–H and O–H groups in total. The van der Waals surface area contributed by atoms with Crippen LogP contribution in [0.3, 0.4) is 0 Å². The van der Waals surface area contributed by atoms with Crippen molar-refractivity contribution in [3.8, 4) is 0 Å². The first-order valence-electron chi connectivity index (χ1n) is 6.75. The van der Waals surface area contributed by atoms with Crippen molar-refractivity contribution in [1.82, 2.24) is 5.32 Å². The van der Waals surface area contributed by atoms with Crippen LogP contribution in [0.4, 0.5) is 0 Å². The van der Waals surface area contributed by atoms with Gasteiger partial charge in [-0.15, -0.1) is 0 Å². The van der Waals surface area contributed by atoms with Crippen molar-refractivity contribution in [3.05, 3.63) is 35.9 Å². The van der Waals surface area contributed by atoms with Crippen molar-refractivity contribution in [2.75, 3.05) is 19.5 Å². The molecule has 0 bridgehead atoms. The Kier molecular flexibility index (Phi) is 7.65. The molecule has 0 aliphatic heterocycles. The molecule has 3 atom stereocenters. The Balaban J connectivity index is 2.86. The summed E-state index contributed by atoms with van der Waals surface area (Å²) in [4.78, 5) is 12.1. The van der Waals surface area contributed by atoms with E-state index in [0.717, 1.165) is 5.56 Å². The first-order valence-corrected chi connectivity index (χ1v) is 8.04. The van der Waals surface area contributed by atoms with Crippen molar-refractivity contribution < 1.29 is 14.6 Å². The minimum Gasteiger partial charge on any atom is -0.465 e. The number of aliphatic hydroxyl groups is 1. The van der Waals surface area contributed by atoms with E-state index in [4.69, 9.17) is 4.74 Å². The molecular weight excluding hydrogens is 274 g/mol. The summed E-state index contributed by atoms with van der Waals surface area (Å²) in [6.07, 6.45) is 1.95. The van der Waals surface area contributed by atoms with E-state index in [2.05, 4.69) is 5.32 Å². The summed E-state index contributed by atoms with van der Waals surface area (Å²) < 4.78 is 5.14. The number of aliphatic hydroxyl groups excluding tert-OH is 1. The average molecular weight is 297 g/mol. The second-order valence-electron chi connectivity index (χ2n) is 4.51. The topological polar surface area (TPSA) is 58.6 Å². The number of benzene rings is 1. The third kappa shape index (κ3) is 4.81. The van der Waals surface area contributed by atoms with Gasteiger partial charge in [-0.2, -0.15) is 11.8 Å². The zero-order chi connectivity index (χ0) is 15.0. The molecule has 0 saturated heterocycles. The average Bonchev–Trinajstić information content (AvgIpc) is 2.47. The van der Waals surface area contributed by atoms with E-state index >= 15 is 0 Å². The van der Waals surface area contributed by atoms with Crippen molar-refractivity contribution >= 4 is 17.7 Å². The maximum atomic E-state index is 12.1. The van der Waals surface area contributed by atoms with Crippen LogP contribution in [0.25, 0.3) is 0 Å². The first-order chi connectivity index (χ1) is 9.63. The highest BCUT2D eigenvalue weighted by Gasteiger charge is 2.26. The molecule has 1 rings (SSSR count). The van der Waals surface area contributed by atoms with Gasteiger partial charge in [-0.25, -0.2) is 4.79 Å². The van der Waals surface area contributed by atoms with Gasteiger partial charge in [-0.3, -0.25) is 5.32 Å². The van der Waals surface area contributed by atoms with Crippen LogP contribution in [-0.4, -0.2) is 41.8 Å². The number of thioether (sulfide) groups is 1. The minimum atomic E-state index is -0.507. The molecule has 4 nitrogen and oxygen atoms in total. The van der Waals surface area contributed by atoms with Gasteiger partial charge in [0.25, 0.3) is 0 Å². The molecule has 0 aromatic heterocycles. The van der Waals surface area contributed by atoms with E-state index in [0.29, 0.717) is 6.61 Å². The standard InChI is InChI=1S/C15H23NO3S/c1-4-19-15(18)14(12-8-6-5-7-9-12)16-11(2)13(10-17)20-3/h5-9,11,13-14,16-17H,4,10H2,1-3H3. The Hall–Kier alpha value is -1.04. The maximum Gasteiger partial charge on any atom is 0.327 e. The lowest BCUT2D eigenvalue weighted by Crippen LogP contribution is -2.43. The summed E-state index contributed by atoms with van der Waals surface area (Å²) in [7, 11) is 0. The molecular formula is C15H23NO3S. The summed E-state index contributed by atoms with van der Waals surface area (Å²) in [6, 6.07) is 8.98. The molecule has 20 heavy (non-hydrogen) atoms. The lowest BCUT2D eigenvalue weighted by molar-refractivity contribution is -0.146. The van der Waals surface area contributed by atoms with Crippen LogP contribution in [-0.2, 0) is 9.53 Å². The van der Waals surface area contributed by atoms with Gasteiger partial charge in [-0.1, -0.05) is 30.3 Å². The van der Waals surface area contributed by atoms with Crippen molar-refractivity contribution in [2.45, 2.75) is 31.2 Å².